The minimum atomic E-state index is 0.142. The first-order chi connectivity index (χ1) is 12.7. The molecule has 3 aromatic rings. The van der Waals surface area contributed by atoms with Gasteiger partial charge in [0.2, 0.25) is 0 Å². The number of rotatable bonds is 4. The predicted octanol–water partition coefficient (Wildman–Crippen LogP) is 3.98. The topological polar surface area (TPSA) is 36.4 Å². The van der Waals surface area contributed by atoms with Gasteiger partial charge in [-0.2, -0.15) is 0 Å². The minimum absolute atomic E-state index is 0.142. The summed E-state index contributed by atoms with van der Waals surface area (Å²) >= 11 is 3.48. The van der Waals surface area contributed by atoms with E-state index in [-0.39, 0.29) is 5.91 Å². The van der Waals surface area contributed by atoms with E-state index in [9.17, 15) is 4.79 Å². The number of piperazine rings is 1. The number of benzene rings is 2. The van der Waals surface area contributed by atoms with Crippen LogP contribution >= 0.6 is 23.1 Å². The van der Waals surface area contributed by atoms with Crippen molar-refractivity contribution in [3.8, 4) is 0 Å². The summed E-state index contributed by atoms with van der Waals surface area (Å²) in [6.45, 7) is 3.51. The maximum absolute atomic E-state index is 12.6. The Labute approximate surface area is 161 Å². The molecule has 0 bridgehead atoms. The standard InChI is InChI=1S/C20H21N3OS2/c1-22-10-12-23(13-11-22)19(24)16-8-6-15(7-9-16)14-25-20-21-17-4-2-3-5-18(17)26-20/h2-9H,10-14H2,1H3. The van der Waals surface area contributed by atoms with Crippen molar-refractivity contribution in [3.05, 3.63) is 59.7 Å². The lowest BCUT2D eigenvalue weighted by Gasteiger charge is -2.32. The molecule has 0 spiro atoms. The Hall–Kier alpha value is -1.89. The minimum Gasteiger partial charge on any atom is -0.336 e. The van der Waals surface area contributed by atoms with Gasteiger partial charge in [-0.1, -0.05) is 36.0 Å². The highest BCUT2D eigenvalue weighted by Crippen LogP contribution is 2.31. The third-order valence-corrected chi connectivity index (χ3v) is 6.88. The van der Waals surface area contributed by atoms with E-state index in [0.717, 1.165) is 47.4 Å². The molecule has 1 aliphatic rings. The fourth-order valence-electron chi connectivity index (χ4n) is 2.99. The van der Waals surface area contributed by atoms with Crippen LogP contribution in [0.1, 0.15) is 15.9 Å². The number of thioether (sulfide) groups is 1. The van der Waals surface area contributed by atoms with E-state index in [1.165, 1.54) is 10.3 Å². The summed E-state index contributed by atoms with van der Waals surface area (Å²) < 4.78 is 2.31. The highest BCUT2D eigenvalue weighted by Gasteiger charge is 2.20. The highest BCUT2D eigenvalue weighted by molar-refractivity contribution is 8.00. The van der Waals surface area contributed by atoms with Crippen molar-refractivity contribution >= 4 is 39.2 Å². The van der Waals surface area contributed by atoms with Crippen molar-refractivity contribution < 1.29 is 4.79 Å². The average Bonchev–Trinajstić information content (AvgIpc) is 3.10. The van der Waals surface area contributed by atoms with Gasteiger partial charge in [0.25, 0.3) is 5.91 Å². The molecule has 2 aromatic carbocycles. The molecular weight excluding hydrogens is 362 g/mol. The van der Waals surface area contributed by atoms with Crippen LogP contribution in [0.4, 0.5) is 0 Å². The first-order valence-corrected chi connectivity index (χ1v) is 10.5. The van der Waals surface area contributed by atoms with Gasteiger partial charge in [-0.05, 0) is 36.9 Å². The van der Waals surface area contributed by atoms with Crippen LogP contribution in [0.25, 0.3) is 10.2 Å². The quantitative estimate of drug-likeness (QED) is 0.639. The summed E-state index contributed by atoms with van der Waals surface area (Å²) in [6.07, 6.45) is 0. The van der Waals surface area contributed by atoms with E-state index in [1.54, 1.807) is 23.1 Å². The van der Waals surface area contributed by atoms with Crippen molar-refractivity contribution in [1.29, 1.82) is 0 Å². The number of amides is 1. The molecule has 26 heavy (non-hydrogen) atoms. The number of nitrogens with zero attached hydrogens (tertiary/aromatic N) is 3. The van der Waals surface area contributed by atoms with Crippen LogP contribution in [0, 0.1) is 0 Å². The summed E-state index contributed by atoms with van der Waals surface area (Å²) in [5.74, 6) is 1.01. The molecule has 1 fully saturated rings. The molecule has 0 saturated carbocycles. The number of thiazole rings is 1. The monoisotopic (exact) mass is 383 g/mol. The maximum Gasteiger partial charge on any atom is 0.253 e. The predicted molar refractivity (Wildman–Crippen MR) is 109 cm³/mol. The van der Waals surface area contributed by atoms with Crippen LogP contribution in [-0.4, -0.2) is 53.9 Å². The Bertz CT molecular complexity index is 866. The molecule has 0 aliphatic carbocycles. The fraction of sp³-hybridized carbons (Fsp3) is 0.300. The van der Waals surface area contributed by atoms with E-state index < -0.39 is 0 Å². The number of hydrogen-bond acceptors (Lipinski definition) is 5. The second-order valence-corrected chi connectivity index (χ2v) is 8.78. The van der Waals surface area contributed by atoms with Crippen LogP contribution in [0.2, 0.25) is 0 Å². The van der Waals surface area contributed by atoms with Crippen LogP contribution in [0.3, 0.4) is 0 Å². The van der Waals surface area contributed by atoms with E-state index >= 15 is 0 Å². The number of likely N-dealkylation sites (N-methyl/N-ethyl adjacent to an activating group) is 1. The van der Waals surface area contributed by atoms with Gasteiger partial charge in [-0.15, -0.1) is 11.3 Å². The van der Waals surface area contributed by atoms with Crippen molar-refractivity contribution in [2.45, 2.75) is 10.1 Å². The maximum atomic E-state index is 12.6. The third kappa shape index (κ3) is 3.92. The normalized spacial score (nSPS) is 15.5. The highest BCUT2D eigenvalue weighted by atomic mass is 32.2. The Morgan fingerprint density at radius 3 is 2.54 bits per heavy atom. The second kappa shape index (κ2) is 7.78. The molecule has 4 rings (SSSR count). The Kier molecular flexibility index (Phi) is 5.24. The van der Waals surface area contributed by atoms with Gasteiger partial charge >= 0.3 is 0 Å². The van der Waals surface area contributed by atoms with Crippen molar-refractivity contribution in [2.75, 3.05) is 33.2 Å². The van der Waals surface area contributed by atoms with E-state index in [0.29, 0.717) is 0 Å². The lowest BCUT2D eigenvalue weighted by molar-refractivity contribution is 0.0664. The Morgan fingerprint density at radius 2 is 1.81 bits per heavy atom. The SMILES string of the molecule is CN1CCN(C(=O)c2ccc(CSc3nc4ccccc4s3)cc2)CC1. The number of hydrogen-bond donors (Lipinski definition) is 0. The second-order valence-electron chi connectivity index (χ2n) is 6.53. The van der Waals surface area contributed by atoms with Crippen LogP contribution in [-0.2, 0) is 5.75 Å². The van der Waals surface area contributed by atoms with Crippen LogP contribution in [0.15, 0.2) is 52.9 Å². The van der Waals surface area contributed by atoms with Crippen molar-refractivity contribution in [1.82, 2.24) is 14.8 Å². The molecule has 2 heterocycles. The van der Waals surface area contributed by atoms with Gasteiger partial charge in [0.15, 0.2) is 4.34 Å². The summed E-state index contributed by atoms with van der Waals surface area (Å²) in [7, 11) is 2.10. The van der Waals surface area contributed by atoms with Gasteiger partial charge in [-0.25, -0.2) is 4.98 Å². The molecule has 0 N–H and O–H groups in total. The zero-order valence-electron chi connectivity index (χ0n) is 14.7. The van der Waals surface area contributed by atoms with E-state index in [4.69, 9.17) is 0 Å². The molecule has 134 valence electrons. The first kappa shape index (κ1) is 17.5. The molecular formula is C20H21N3OS2. The molecule has 1 amide bonds. The zero-order valence-corrected chi connectivity index (χ0v) is 16.4. The first-order valence-electron chi connectivity index (χ1n) is 8.74. The number of fused-ring (bicyclic) bond motifs is 1. The molecule has 0 atom stereocenters. The van der Waals surface area contributed by atoms with Gasteiger partial charge in [0.05, 0.1) is 10.2 Å². The molecule has 6 heteroatoms. The number of carbonyl (C=O) groups excluding carboxylic acids is 1. The van der Waals surface area contributed by atoms with Gasteiger partial charge in [0.1, 0.15) is 0 Å². The zero-order chi connectivity index (χ0) is 17.9. The van der Waals surface area contributed by atoms with Crippen molar-refractivity contribution in [2.24, 2.45) is 0 Å². The van der Waals surface area contributed by atoms with E-state index in [2.05, 4.69) is 41.2 Å². The summed E-state index contributed by atoms with van der Waals surface area (Å²) in [5.41, 5.74) is 3.06. The molecule has 1 aliphatic heterocycles. The van der Waals surface area contributed by atoms with E-state index in [1.807, 2.05) is 29.2 Å². The molecule has 0 radical (unpaired) electrons. The fourth-order valence-corrected chi connectivity index (χ4v) is 5.02. The van der Waals surface area contributed by atoms with Crippen LogP contribution in [0.5, 0.6) is 0 Å². The smallest absolute Gasteiger partial charge is 0.253 e. The van der Waals surface area contributed by atoms with Gasteiger partial charge in [0, 0.05) is 37.5 Å². The number of aromatic nitrogens is 1. The average molecular weight is 384 g/mol. The number of para-hydroxylation sites is 1. The summed E-state index contributed by atoms with van der Waals surface area (Å²) in [5, 5.41) is 0. The lowest BCUT2D eigenvalue weighted by Crippen LogP contribution is -2.47. The van der Waals surface area contributed by atoms with Crippen molar-refractivity contribution in [3.63, 3.8) is 0 Å². The van der Waals surface area contributed by atoms with Gasteiger partial charge in [-0.3, -0.25) is 4.79 Å². The molecule has 1 aromatic heterocycles. The third-order valence-electron chi connectivity index (χ3n) is 4.63. The Balaban J connectivity index is 1.37. The van der Waals surface area contributed by atoms with Crippen LogP contribution < -0.4 is 0 Å². The molecule has 0 unspecified atom stereocenters. The number of carbonyl (C=O) groups is 1. The van der Waals surface area contributed by atoms with Gasteiger partial charge < -0.3 is 9.80 Å². The lowest BCUT2D eigenvalue weighted by atomic mass is 10.1. The molecule has 4 nitrogen and oxygen atoms in total. The molecule has 1 saturated heterocycles. The Morgan fingerprint density at radius 1 is 1.08 bits per heavy atom. The largest absolute Gasteiger partial charge is 0.336 e. The summed E-state index contributed by atoms with van der Waals surface area (Å²) in [6, 6.07) is 16.2. The summed E-state index contributed by atoms with van der Waals surface area (Å²) in [4.78, 5) is 21.5.